The Morgan fingerprint density at radius 3 is 2.96 bits per heavy atom. The first-order chi connectivity index (χ1) is 11.1. The van der Waals surface area contributed by atoms with Crippen molar-refractivity contribution >= 4 is 22.5 Å². The summed E-state index contributed by atoms with van der Waals surface area (Å²) in [6.45, 7) is 5.14. The Bertz CT molecular complexity index is 599. The molecule has 3 fully saturated rings. The van der Waals surface area contributed by atoms with E-state index in [0.29, 0.717) is 23.1 Å². The molecule has 0 bridgehead atoms. The maximum absolute atomic E-state index is 12.3. The lowest BCUT2D eigenvalue weighted by molar-refractivity contribution is -0.171. The van der Waals surface area contributed by atoms with Gasteiger partial charge in [0.1, 0.15) is 5.01 Å². The van der Waals surface area contributed by atoms with Gasteiger partial charge in [-0.2, -0.15) is 0 Å². The number of amides is 2. The van der Waals surface area contributed by atoms with Crippen molar-refractivity contribution in [2.75, 3.05) is 11.9 Å². The number of hydrogen-bond acceptors (Lipinski definition) is 5. The van der Waals surface area contributed by atoms with Gasteiger partial charge in [-0.25, -0.2) is 4.79 Å². The van der Waals surface area contributed by atoms with E-state index in [-0.39, 0.29) is 17.5 Å². The van der Waals surface area contributed by atoms with E-state index in [2.05, 4.69) is 34.7 Å². The topological polar surface area (TPSA) is 76.1 Å². The molecule has 0 radical (unpaired) electrons. The van der Waals surface area contributed by atoms with Crippen LogP contribution in [0.3, 0.4) is 0 Å². The summed E-state index contributed by atoms with van der Waals surface area (Å²) in [6, 6.07) is 0.102. The zero-order valence-corrected chi connectivity index (χ0v) is 14.5. The molecular weight excluding hydrogens is 312 g/mol. The van der Waals surface area contributed by atoms with Crippen LogP contribution >= 0.6 is 11.3 Å². The van der Waals surface area contributed by atoms with Crippen molar-refractivity contribution in [2.45, 2.75) is 58.1 Å². The number of carbonyl (C=O) groups excluding carboxylic acids is 1. The standard InChI is InChI=1S/C16H24N4O2S/c1-9(2)8-11-19-20-15(23-11)18-14(21)17-12-10-4-7-22-13(10)16(12)5-3-6-16/h9-10,12-13H,3-8H2,1-2H3,(H2,17,18,20,21)/t10-,12-,13+/m1/s1. The number of urea groups is 1. The molecule has 2 N–H and O–H groups in total. The van der Waals surface area contributed by atoms with E-state index >= 15 is 0 Å². The summed E-state index contributed by atoms with van der Waals surface area (Å²) in [7, 11) is 0. The zero-order valence-electron chi connectivity index (χ0n) is 13.7. The highest BCUT2D eigenvalue weighted by molar-refractivity contribution is 7.15. The summed E-state index contributed by atoms with van der Waals surface area (Å²) in [5, 5.41) is 15.8. The van der Waals surface area contributed by atoms with Crippen molar-refractivity contribution in [2.24, 2.45) is 17.3 Å². The first kappa shape index (κ1) is 15.3. The fourth-order valence-corrected chi connectivity index (χ4v) is 5.41. The minimum Gasteiger partial charge on any atom is -0.377 e. The molecule has 23 heavy (non-hydrogen) atoms. The van der Waals surface area contributed by atoms with Gasteiger partial charge in [-0.3, -0.25) is 5.32 Å². The van der Waals surface area contributed by atoms with Crippen LogP contribution in [0.2, 0.25) is 0 Å². The van der Waals surface area contributed by atoms with Gasteiger partial charge >= 0.3 is 6.03 Å². The lowest BCUT2D eigenvalue weighted by Gasteiger charge is -2.63. The molecule has 126 valence electrons. The number of carbonyl (C=O) groups is 1. The van der Waals surface area contributed by atoms with Gasteiger partial charge < -0.3 is 10.1 Å². The molecule has 4 rings (SSSR count). The lowest BCUT2D eigenvalue weighted by Crippen LogP contribution is -2.72. The summed E-state index contributed by atoms with van der Waals surface area (Å²) >= 11 is 1.46. The highest BCUT2D eigenvalue weighted by Gasteiger charge is 2.67. The molecule has 1 spiro atoms. The molecule has 7 heteroatoms. The van der Waals surface area contributed by atoms with Crippen LogP contribution in [0.25, 0.3) is 0 Å². The molecule has 2 aliphatic carbocycles. The summed E-state index contributed by atoms with van der Waals surface area (Å²) in [5.74, 6) is 1.03. The van der Waals surface area contributed by atoms with E-state index < -0.39 is 0 Å². The van der Waals surface area contributed by atoms with Crippen molar-refractivity contribution in [3.05, 3.63) is 5.01 Å². The number of rotatable bonds is 4. The number of nitrogens with zero attached hydrogens (tertiary/aromatic N) is 2. The molecule has 1 aliphatic heterocycles. The predicted octanol–water partition coefficient (Wildman–Crippen LogP) is 2.82. The fraction of sp³-hybridized carbons (Fsp3) is 0.812. The van der Waals surface area contributed by atoms with Crippen molar-refractivity contribution in [3.8, 4) is 0 Å². The Morgan fingerprint density at radius 2 is 2.26 bits per heavy atom. The summed E-state index contributed by atoms with van der Waals surface area (Å²) in [6.07, 6.45) is 5.94. The number of ether oxygens (including phenoxy) is 1. The fourth-order valence-electron chi connectivity index (χ4n) is 4.47. The average molecular weight is 336 g/mol. The largest absolute Gasteiger partial charge is 0.377 e. The zero-order chi connectivity index (χ0) is 16.0. The Kier molecular flexibility index (Phi) is 3.80. The molecule has 0 aromatic carbocycles. The first-order valence-corrected chi connectivity index (χ1v) is 9.42. The Hall–Kier alpha value is -1.21. The van der Waals surface area contributed by atoms with Crippen molar-refractivity contribution < 1.29 is 9.53 Å². The van der Waals surface area contributed by atoms with Crippen LogP contribution in [-0.2, 0) is 11.2 Å². The second kappa shape index (κ2) is 5.70. The van der Waals surface area contributed by atoms with Gasteiger partial charge in [-0.1, -0.05) is 31.6 Å². The molecule has 2 saturated carbocycles. The van der Waals surface area contributed by atoms with Crippen LogP contribution in [0.4, 0.5) is 9.93 Å². The van der Waals surface area contributed by atoms with Crippen LogP contribution in [0.5, 0.6) is 0 Å². The van der Waals surface area contributed by atoms with Gasteiger partial charge in [0.15, 0.2) is 0 Å². The SMILES string of the molecule is CC(C)Cc1nnc(NC(=O)N[C@@H]2[C@H]3CCO[C@@H]3C23CCC3)s1. The van der Waals surface area contributed by atoms with Crippen LogP contribution in [0, 0.1) is 17.3 Å². The summed E-state index contributed by atoms with van der Waals surface area (Å²) in [5.41, 5.74) is 0.211. The van der Waals surface area contributed by atoms with Crippen molar-refractivity contribution in [1.82, 2.24) is 15.5 Å². The maximum Gasteiger partial charge on any atom is 0.321 e. The lowest BCUT2D eigenvalue weighted by atomic mass is 9.46. The van der Waals surface area contributed by atoms with Crippen molar-refractivity contribution in [3.63, 3.8) is 0 Å². The van der Waals surface area contributed by atoms with E-state index in [0.717, 1.165) is 24.5 Å². The normalized spacial score (nSPS) is 30.7. The molecular formula is C16H24N4O2S. The van der Waals surface area contributed by atoms with Crippen LogP contribution in [0.1, 0.15) is 44.5 Å². The Balaban J connectivity index is 1.36. The Labute approximate surface area is 140 Å². The van der Waals surface area contributed by atoms with Gasteiger partial charge in [-0.15, -0.1) is 10.2 Å². The minimum absolute atomic E-state index is 0.154. The van der Waals surface area contributed by atoms with E-state index in [9.17, 15) is 4.79 Å². The molecule has 3 aliphatic rings. The van der Waals surface area contributed by atoms with Crippen molar-refractivity contribution in [1.29, 1.82) is 0 Å². The molecule has 1 aromatic heterocycles. The second-order valence-corrected chi connectivity index (χ2v) is 8.57. The average Bonchev–Trinajstić information content (AvgIpc) is 3.02. The first-order valence-electron chi connectivity index (χ1n) is 8.60. The third kappa shape index (κ3) is 2.54. The van der Waals surface area contributed by atoms with Gasteiger partial charge in [-0.05, 0) is 25.2 Å². The number of fused-ring (bicyclic) bond motifs is 2. The maximum atomic E-state index is 12.3. The van der Waals surface area contributed by atoms with Gasteiger partial charge in [0.2, 0.25) is 5.13 Å². The third-order valence-electron chi connectivity index (χ3n) is 5.59. The molecule has 2 amide bonds. The number of anilines is 1. The summed E-state index contributed by atoms with van der Waals surface area (Å²) < 4.78 is 5.89. The van der Waals surface area contributed by atoms with E-state index in [1.165, 1.54) is 30.6 Å². The summed E-state index contributed by atoms with van der Waals surface area (Å²) in [4.78, 5) is 12.3. The molecule has 2 heterocycles. The van der Waals surface area contributed by atoms with Crippen LogP contribution in [0.15, 0.2) is 0 Å². The number of aromatic nitrogens is 2. The van der Waals surface area contributed by atoms with Gasteiger partial charge in [0, 0.05) is 30.4 Å². The predicted molar refractivity (Wildman–Crippen MR) is 88.5 cm³/mol. The molecule has 1 aromatic rings. The van der Waals surface area contributed by atoms with Crippen LogP contribution in [-0.4, -0.2) is 35.0 Å². The third-order valence-corrected chi connectivity index (χ3v) is 6.45. The molecule has 0 unspecified atom stereocenters. The molecule has 3 atom stereocenters. The van der Waals surface area contributed by atoms with E-state index in [1.807, 2.05) is 0 Å². The Morgan fingerprint density at radius 1 is 1.43 bits per heavy atom. The smallest absolute Gasteiger partial charge is 0.321 e. The van der Waals surface area contributed by atoms with Gasteiger partial charge in [0.05, 0.1) is 6.10 Å². The number of hydrogen-bond donors (Lipinski definition) is 2. The molecule has 1 saturated heterocycles. The quantitative estimate of drug-likeness (QED) is 0.886. The molecule has 6 nitrogen and oxygen atoms in total. The van der Waals surface area contributed by atoms with E-state index in [1.54, 1.807) is 0 Å². The van der Waals surface area contributed by atoms with E-state index in [4.69, 9.17) is 4.74 Å². The number of nitrogens with one attached hydrogen (secondary N) is 2. The minimum atomic E-state index is -0.154. The second-order valence-electron chi connectivity index (χ2n) is 7.51. The van der Waals surface area contributed by atoms with Crippen LogP contribution < -0.4 is 10.6 Å². The van der Waals surface area contributed by atoms with Gasteiger partial charge in [0.25, 0.3) is 0 Å². The highest BCUT2D eigenvalue weighted by atomic mass is 32.1. The highest BCUT2D eigenvalue weighted by Crippen LogP contribution is 2.62. The monoisotopic (exact) mass is 336 g/mol.